The zero-order chi connectivity index (χ0) is 13.8. The molecule has 0 atom stereocenters. The predicted molar refractivity (Wildman–Crippen MR) is 75.4 cm³/mol. The molecule has 8 heteroatoms. The first-order valence-corrected chi connectivity index (χ1v) is 6.70. The van der Waals surface area contributed by atoms with Crippen LogP contribution < -0.4 is 10.9 Å². The molecule has 2 rings (SSSR count). The van der Waals surface area contributed by atoms with Gasteiger partial charge in [-0.25, -0.2) is 0 Å². The van der Waals surface area contributed by atoms with Gasteiger partial charge < -0.3 is 4.98 Å². The van der Waals surface area contributed by atoms with Crippen LogP contribution in [0.1, 0.15) is 20.8 Å². The second kappa shape index (κ2) is 5.98. The van der Waals surface area contributed by atoms with Crippen molar-refractivity contribution in [3.63, 3.8) is 0 Å². The van der Waals surface area contributed by atoms with E-state index in [1.54, 1.807) is 24.5 Å². The summed E-state index contributed by atoms with van der Waals surface area (Å²) in [6.07, 6.45) is 4.58. The molecular formula is C11H8Br2N4O2. The first-order valence-electron chi connectivity index (χ1n) is 5.11. The SMILES string of the molecule is O=C(NNC(=O)c1cc(Br)c[nH]1)c1cncc(Br)c1. The van der Waals surface area contributed by atoms with Crippen LogP contribution in [-0.4, -0.2) is 21.8 Å². The van der Waals surface area contributed by atoms with Crippen LogP contribution in [0.3, 0.4) is 0 Å². The number of carbonyl (C=O) groups excluding carboxylic acids is 2. The van der Waals surface area contributed by atoms with E-state index in [-0.39, 0.29) is 0 Å². The second-order valence-corrected chi connectivity index (χ2v) is 5.36. The molecular weight excluding hydrogens is 380 g/mol. The molecule has 19 heavy (non-hydrogen) atoms. The van der Waals surface area contributed by atoms with Gasteiger partial charge in [0.2, 0.25) is 0 Å². The van der Waals surface area contributed by atoms with Gasteiger partial charge in [0, 0.05) is 27.5 Å². The Bertz CT molecular complexity index is 627. The van der Waals surface area contributed by atoms with Crippen molar-refractivity contribution in [3.05, 3.63) is 50.9 Å². The van der Waals surface area contributed by atoms with Gasteiger partial charge in [0.15, 0.2) is 0 Å². The van der Waals surface area contributed by atoms with E-state index < -0.39 is 11.8 Å². The largest absolute Gasteiger partial charge is 0.356 e. The molecule has 0 spiro atoms. The highest BCUT2D eigenvalue weighted by molar-refractivity contribution is 9.10. The van der Waals surface area contributed by atoms with Gasteiger partial charge in [-0.3, -0.25) is 25.4 Å². The van der Waals surface area contributed by atoms with Crippen molar-refractivity contribution in [1.29, 1.82) is 0 Å². The number of pyridine rings is 1. The molecule has 0 aromatic carbocycles. The number of rotatable bonds is 2. The minimum absolute atomic E-state index is 0.333. The molecule has 98 valence electrons. The van der Waals surface area contributed by atoms with Crippen LogP contribution in [0.15, 0.2) is 39.7 Å². The molecule has 2 heterocycles. The van der Waals surface area contributed by atoms with Crippen LogP contribution in [0.4, 0.5) is 0 Å². The molecule has 3 N–H and O–H groups in total. The summed E-state index contributed by atoms with van der Waals surface area (Å²) in [7, 11) is 0. The zero-order valence-corrected chi connectivity index (χ0v) is 12.6. The normalized spacial score (nSPS) is 10.0. The first-order chi connectivity index (χ1) is 9.06. The Balaban J connectivity index is 1.95. The van der Waals surface area contributed by atoms with Crippen molar-refractivity contribution in [2.45, 2.75) is 0 Å². The number of nitrogens with one attached hydrogen (secondary N) is 3. The second-order valence-electron chi connectivity index (χ2n) is 3.53. The molecule has 0 aliphatic carbocycles. The van der Waals surface area contributed by atoms with Crippen LogP contribution in [0.25, 0.3) is 0 Å². The average Bonchev–Trinajstić information content (AvgIpc) is 2.82. The minimum atomic E-state index is -0.451. The maximum atomic E-state index is 11.7. The van der Waals surface area contributed by atoms with Crippen LogP contribution in [0, 0.1) is 0 Å². The number of hydrogen-bond acceptors (Lipinski definition) is 3. The van der Waals surface area contributed by atoms with Crippen LogP contribution >= 0.6 is 31.9 Å². The van der Waals surface area contributed by atoms with Crippen molar-refractivity contribution >= 4 is 43.7 Å². The number of carbonyl (C=O) groups is 2. The molecule has 2 amide bonds. The van der Waals surface area contributed by atoms with Crippen LogP contribution in [0.2, 0.25) is 0 Å². The van der Waals surface area contributed by atoms with Crippen molar-refractivity contribution in [1.82, 2.24) is 20.8 Å². The summed E-state index contributed by atoms with van der Waals surface area (Å²) in [6, 6.07) is 3.20. The number of halogens is 2. The van der Waals surface area contributed by atoms with Crippen LogP contribution in [-0.2, 0) is 0 Å². The smallest absolute Gasteiger partial charge is 0.286 e. The number of hydrazine groups is 1. The summed E-state index contributed by atoms with van der Waals surface area (Å²) in [6.45, 7) is 0. The third-order valence-electron chi connectivity index (χ3n) is 2.15. The van der Waals surface area contributed by atoms with E-state index in [1.165, 1.54) is 6.20 Å². The lowest BCUT2D eigenvalue weighted by Crippen LogP contribution is -2.41. The Kier molecular flexibility index (Phi) is 4.33. The molecule has 0 aliphatic heterocycles. The van der Waals surface area contributed by atoms with E-state index in [2.05, 4.69) is 52.7 Å². The van der Waals surface area contributed by atoms with E-state index in [1.807, 2.05) is 0 Å². The maximum absolute atomic E-state index is 11.7. The Morgan fingerprint density at radius 3 is 2.42 bits per heavy atom. The van der Waals surface area contributed by atoms with E-state index in [0.29, 0.717) is 15.7 Å². The molecule has 2 aromatic heterocycles. The summed E-state index contributed by atoms with van der Waals surface area (Å²) in [5, 5.41) is 0. The van der Waals surface area contributed by atoms with Crippen molar-refractivity contribution in [2.75, 3.05) is 0 Å². The fraction of sp³-hybridized carbons (Fsp3) is 0. The monoisotopic (exact) mass is 386 g/mol. The highest BCUT2D eigenvalue weighted by atomic mass is 79.9. The maximum Gasteiger partial charge on any atom is 0.286 e. The molecule has 2 aromatic rings. The van der Waals surface area contributed by atoms with Gasteiger partial charge in [-0.2, -0.15) is 0 Å². The summed E-state index contributed by atoms with van der Waals surface area (Å²) < 4.78 is 1.43. The lowest BCUT2D eigenvalue weighted by atomic mass is 10.3. The van der Waals surface area contributed by atoms with Gasteiger partial charge in [0.1, 0.15) is 5.69 Å². The molecule has 0 unspecified atom stereocenters. The Labute approximate surface area is 125 Å². The summed E-state index contributed by atoms with van der Waals surface area (Å²) in [5.41, 5.74) is 5.26. The van der Waals surface area contributed by atoms with Gasteiger partial charge in [-0.05, 0) is 44.0 Å². The Morgan fingerprint density at radius 1 is 1.05 bits per heavy atom. The standard InChI is InChI=1S/C11H8Br2N4O2/c12-7-1-6(3-14-4-7)10(18)16-17-11(19)9-2-8(13)5-15-9/h1-5,15H,(H,16,18)(H,17,19). The molecule has 6 nitrogen and oxygen atoms in total. The number of aromatic amines is 1. The van der Waals surface area contributed by atoms with Gasteiger partial charge in [0.05, 0.1) is 5.56 Å². The lowest BCUT2D eigenvalue weighted by Gasteiger charge is -2.06. The lowest BCUT2D eigenvalue weighted by molar-refractivity contribution is 0.0844. The van der Waals surface area contributed by atoms with E-state index in [9.17, 15) is 9.59 Å². The van der Waals surface area contributed by atoms with Crippen molar-refractivity contribution < 1.29 is 9.59 Å². The highest BCUT2D eigenvalue weighted by Crippen LogP contribution is 2.10. The highest BCUT2D eigenvalue weighted by Gasteiger charge is 2.10. The van der Waals surface area contributed by atoms with E-state index >= 15 is 0 Å². The molecule has 0 saturated carbocycles. The zero-order valence-electron chi connectivity index (χ0n) is 9.41. The van der Waals surface area contributed by atoms with E-state index in [4.69, 9.17) is 0 Å². The third-order valence-corrected chi connectivity index (χ3v) is 3.04. The number of amides is 2. The molecule has 0 saturated heterocycles. The van der Waals surface area contributed by atoms with Crippen molar-refractivity contribution in [2.24, 2.45) is 0 Å². The van der Waals surface area contributed by atoms with Gasteiger partial charge in [-0.1, -0.05) is 0 Å². The van der Waals surface area contributed by atoms with Crippen molar-refractivity contribution in [3.8, 4) is 0 Å². The fourth-order valence-electron chi connectivity index (χ4n) is 1.29. The Morgan fingerprint density at radius 2 is 1.79 bits per heavy atom. The minimum Gasteiger partial charge on any atom is -0.356 e. The molecule has 0 fully saturated rings. The fourth-order valence-corrected chi connectivity index (χ4v) is 2.00. The average molecular weight is 388 g/mol. The molecule has 0 radical (unpaired) electrons. The topological polar surface area (TPSA) is 86.9 Å². The molecule has 0 aliphatic rings. The number of nitrogens with zero attached hydrogens (tertiary/aromatic N) is 1. The number of hydrogen-bond donors (Lipinski definition) is 3. The van der Waals surface area contributed by atoms with Crippen LogP contribution in [0.5, 0.6) is 0 Å². The molecule has 0 bridgehead atoms. The summed E-state index contributed by atoms with van der Waals surface area (Å²) >= 11 is 6.42. The Hall–Kier alpha value is -1.67. The predicted octanol–water partition coefficient (Wildman–Crippen LogP) is 2.01. The summed E-state index contributed by atoms with van der Waals surface area (Å²) in [5.74, 6) is -0.894. The van der Waals surface area contributed by atoms with E-state index in [0.717, 1.165) is 4.47 Å². The first kappa shape index (κ1) is 13.8. The number of H-pyrrole nitrogens is 1. The van der Waals surface area contributed by atoms with Gasteiger partial charge in [-0.15, -0.1) is 0 Å². The van der Waals surface area contributed by atoms with Gasteiger partial charge >= 0.3 is 0 Å². The van der Waals surface area contributed by atoms with Gasteiger partial charge in [0.25, 0.3) is 11.8 Å². The quantitative estimate of drug-likeness (QED) is 0.689. The third kappa shape index (κ3) is 3.65. The number of aromatic nitrogens is 2. The summed E-state index contributed by atoms with van der Waals surface area (Å²) in [4.78, 5) is 30.0.